The van der Waals surface area contributed by atoms with Crippen LogP contribution in [0.1, 0.15) is 27.6 Å². The number of benzene rings is 1. The standard InChI is InChI=1S/C14H13N3O4/c1-9(14(19)11-7-15-16(2)8-11)13(18)10-4-3-5-12(6-10)17(20)21/h3-9H,1-2H3. The van der Waals surface area contributed by atoms with Crippen LogP contribution < -0.4 is 0 Å². The van der Waals surface area contributed by atoms with E-state index in [0.717, 1.165) is 0 Å². The molecule has 0 aliphatic rings. The Bertz CT molecular complexity index is 721. The minimum Gasteiger partial charge on any atom is -0.293 e. The number of hydrogen-bond donors (Lipinski definition) is 0. The van der Waals surface area contributed by atoms with Gasteiger partial charge in [0.15, 0.2) is 11.6 Å². The molecule has 7 heteroatoms. The minimum atomic E-state index is -0.920. The van der Waals surface area contributed by atoms with Gasteiger partial charge >= 0.3 is 0 Å². The van der Waals surface area contributed by atoms with Crippen molar-refractivity contribution in [3.63, 3.8) is 0 Å². The number of aromatic nitrogens is 2. The van der Waals surface area contributed by atoms with Crippen molar-refractivity contribution in [2.45, 2.75) is 6.92 Å². The molecule has 0 saturated carbocycles. The first-order chi connectivity index (χ1) is 9.90. The number of carbonyl (C=O) groups is 2. The summed E-state index contributed by atoms with van der Waals surface area (Å²) in [6.45, 7) is 1.48. The third kappa shape index (κ3) is 3.02. The second kappa shape index (κ2) is 5.66. The molecule has 0 fully saturated rings. The Labute approximate surface area is 120 Å². The molecule has 1 aromatic heterocycles. The van der Waals surface area contributed by atoms with E-state index in [9.17, 15) is 19.7 Å². The van der Waals surface area contributed by atoms with E-state index in [-0.39, 0.29) is 17.0 Å². The van der Waals surface area contributed by atoms with E-state index in [1.165, 1.54) is 48.3 Å². The van der Waals surface area contributed by atoms with Crippen LogP contribution in [0.3, 0.4) is 0 Å². The third-order valence-electron chi connectivity index (χ3n) is 3.12. The number of nitrogens with zero attached hydrogens (tertiary/aromatic N) is 3. The fourth-order valence-corrected chi connectivity index (χ4v) is 1.94. The Balaban J connectivity index is 2.25. The van der Waals surface area contributed by atoms with Crippen molar-refractivity contribution in [1.29, 1.82) is 0 Å². The summed E-state index contributed by atoms with van der Waals surface area (Å²) in [5, 5.41) is 14.6. The van der Waals surface area contributed by atoms with Crippen LogP contribution in [0.4, 0.5) is 5.69 Å². The average molecular weight is 287 g/mol. The van der Waals surface area contributed by atoms with E-state index in [1.54, 1.807) is 7.05 Å². The van der Waals surface area contributed by atoms with Gasteiger partial charge in [-0.3, -0.25) is 24.4 Å². The van der Waals surface area contributed by atoms with Gasteiger partial charge < -0.3 is 0 Å². The molecular formula is C14H13N3O4. The van der Waals surface area contributed by atoms with Crippen molar-refractivity contribution < 1.29 is 14.5 Å². The Morgan fingerprint density at radius 1 is 1.29 bits per heavy atom. The van der Waals surface area contributed by atoms with Gasteiger partial charge in [-0.05, 0) is 6.92 Å². The number of rotatable bonds is 5. The van der Waals surface area contributed by atoms with E-state index in [2.05, 4.69) is 5.10 Å². The smallest absolute Gasteiger partial charge is 0.270 e. The normalized spacial score (nSPS) is 11.9. The monoisotopic (exact) mass is 287 g/mol. The average Bonchev–Trinajstić information content (AvgIpc) is 2.91. The molecule has 2 aromatic rings. The Morgan fingerprint density at radius 3 is 2.52 bits per heavy atom. The molecule has 0 spiro atoms. The summed E-state index contributed by atoms with van der Waals surface area (Å²) in [5.74, 6) is -1.73. The number of ketones is 2. The van der Waals surface area contributed by atoms with Crippen LogP contribution in [0.25, 0.3) is 0 Å². The summed E-state index contributed by atoms with van der Waals surface area (Å²) in [6, 6.07) is 5.36. The molecule has 1 atom stereocenters. The summed E-state index contributed by atoms with van der Waals surface area (Å²) in [6.07, 6.45) is 2.92. The van der Waals surface area contributed by atoms with Crippen LogP contribution >= 0.6 is 0 Å². The molecule has 7 nitrogen and oxygen atoms in total. The minimum absolute atomic E-state index is 0.147. The lowest BCUT2D eigenvalue weighted by Gasteiger charge is -2.08. The summed E-state index contributed by atoms with van der Waals surface area (Å²) in [7, 11) is 1.67. The van der Waals surface area contributed by atoms with Gasteiger partial charge in [-0.25, -0.2) is 0 Å². The van der Waals surface area contributed by atoms with Gasteiger partial charge in [0.2, 0.25) is 0 Å². The van der Waals surface area contributed by atoms with Gasteiger partial charge in [0, 0.05) is 30.9 Å². The van der Waals surface area contributed by atoms with E-state index >= 15 is 0 Å². The van der Waals surface area contributed by atoms with Crippen molar-refractivity contribution in [1.82, 2.24) is 9.78 Å². The third-order valence-corrected chi connectivity index (χ3v) is 3.12. The molecule has 0 N–H and O–H groups in total. The maximum atomic E-state index is 12.3. The van der Waals surface area contributed by atoms with Crippen LogP contribution in [0.2, 0.25) is 0 Å². The molecule has 0 radical (unpaired) electrons. The van der Waals surface area contributed by atoms with Gasteiger partial charge in [0.05, 0.1) is 22.6 Å². The van der Waals surface area contributed by atoms with Crippen molar-refractivity contribution in [3.05, 3.63) is 57.9 Å². The molecule has 0 aliphatic heterocycles. The van der Waals surface area contributed by atoms with Gasteiger partial charge in [0.1, 0.15) is 0 Å². The predicted octanol–water partition coefficient (Wildman–Crippen LogP) is 2.03. The number of non-ortho nitro benzene ring substituents is 1. The lowest BCUT2D eigenvalue weighted by Crippen LogP contribution is -2.21. The van der Waals surface area contributed by atoms with Crippen LogP contribution in [-0.4, -0.2) is 26.3 Å². The van der Waals surface area contributed by atoms with Crippen LogP contribution in [0, 0.1) is 16.0 Å². The number of hydrogen-bond acceptors (Lipinski definition) is 5. The van der Waals surface area contributed by atoms with Crippen molar-refractivity contribution >= 4 is 17.3 Å². The number of carbonyl (C=O) groups excluding carboxylic acids is 2. The molecule has 1 aromatic carbocycles. The fourth-order valence-electron chi connectivity index (χ4n) is 1.94. The quantitative estimate of drug-likeness (QED) is 0.363. The lowest BCUT2D eigenvalue weighted by atomic mass is 9.93. The maximum absolute atomic E-state index is 12.3. The second-order valence-corrected chi connectivity index (χ2v) is 4.66. The zero-order valence-corrected chi connectivity index (χ0v) is 11.5. The largest absolute Gasteiger partial charge is 0.293 e. The topological polar surface area (TPSA) is 95.1 Å². The van der Waals surface area contributed by atoms with E-state index in [4.69, 9.17) is 0 Å². The van der Waals surface area contributed by atoms with Gasteiger partial charge in [-0.1, -0.05) is 12.1 Å². The first-order valence-corrected chi connectivity index (χ1v) is 6.21. The molecule has 1 unspecified atom stereocenters. The Morgan fingerprint density at radius 2 is 1.95 bits per heavy atom. The summed E-state index contributed by atoms with van der Waals surface area (Å²) < 4.78 is 1.47. The van der Waals surface area contributed by atoms with Gasteiger partial charge in [-0.15, -0.1) is 0 Å². The molecule has 0 amide bonds. The lowest BCUT2D eigenvalue weighted by molar-refractivity contribution is -0.384. The Kier molecular flexibility index (Phi) is 3.93. The van der Waals surface area contributed by atoms with Crippen molar-refractivity contribution in [3.8, 4) is 0 Å². The molecule has 2 rings (SSSR count). The molecular weight excluding hydrogens is 274 g/mol. The predicted molar refractivity (Wildman–Crippen MR) is 74.1 cm³/mol. The highest BCUT2D eigenvalue weighted by molar-refractivity contribution is 6.15. The fraction of sp³-hybridized carbons (Fsp3) is 0.214. The summed E-state index contributed by atoms with van der Waals surface area (Å²) in [5.41, 5.74) is 0.305. The molecule has 0 aliphatic carbocycles. The van der Waals surface area contributed by atoms with Crippen LogP contribution in [-0.2, 0) is 7.05 Å². The number of Topliss-reactive ketones (excluding diaryl/α,β-unsaturated/α-hetero) is 2. The van der Waals surface area contributed by atoms with Crippen LogP contribution in [0.5, 0.6) is 0 Å². The van der Waals surface area contributed by atoms with E-state index in [1.807, 2.05) is 0 Å². The zero-order chi connectivity index (χ0) is 15.6. The highest BCUT2D eigenvalue weighted by Gasteiger charge is 2.25. The van der Waals surface area contributed by atoms with Crippen molar-refractivity contribution in [2.75, 3.05) is 0 Å². The van der Waals surface area contributed by atoms with E-state index < -0.39 is 16.6 Å². The maximum Gasteiger partial charge on any atom is 0.270 e. The van der Waals surface area contributed by atoms with Gasteiger partial charge in [-0.2, -0.15) is 5.10 Å². The highest BCUT2D eigenvalue weighted by Crippen LogP contribution is 2.18. The van der Waals surface area contributed by atoms with Gasteiger partial charge in [0.25, 0.3) is 5.69 Å². The highest BCUT2D eigenvalue weighted by atomic mass is 16.6. The first kappa shape index (κ1) is 14.6. The zero-order valence-electron chi connectivity index (χ0n) is 11.5. The molecule has 0 bridgehead atoms. The molecule has 21 heavy (non-hydrogen) atoms. The number of aryl methyl sites for hydroxylation is 1. The first-order valence-electron chi connectivity index (χ1n) is 6.21. The number of nitro groups is 1. The SMILES string of the molecule is CC(C(=O)c1cccc([N+](=O)[O-])c1)C(=O)c1cnn(C)c1. The summed E-state index contributed by atoms with van der Waals surface area (Å²) in [4.78, 5) is 34.6. The second-order valence-electron chi connectivity index (χ2n) is 4.66. The van der Waals surface area contributed by atoms with Crippen molar-refractivity contribution in [2.24, 2.45) is 13.0 Å². The van der Waals surface area contributed by atoms with Crippen LogP contribution in [0.15, 0.2) is 36.7 Å². The molecule has 0 saturated heterocycles. The van der Waals surface area contributed by atoms with E-state index in [0.29, 0.717) is 5.56 Å². The molecule has 1 heterocycles. The molecule has 108 valence electrons. The number of nitro benzene ring substituents is 1. The Hall–Kier alpha value is -2.83. The summed E-state index contributed by atoms with van der Waals surface area (Å²) >= 11 is 0.